The third-order valence-electron chi connectivity index (χ3n) is 2.21. The van der Waals surface area contributed by atoms with E-state index in [1.54, 1.807) is 0 Å². The molecule has 0 saturated carbocycles. The van der Waals surface area contributed by atoms with Crippen LogP contribution in [-0.2, 0) is 18.0 Å². The number of halogens is 3. The van der Waals surface area contributed by atoms with Crippen LogP contribution in [0.15, 0.2) is 5.16 Å². The molecule has 1 aromatic heterocycles. The fraction of sp³-hybridized carbons (Fsp3) is 0.600. The lowest BCUT2D eigenvalue weighted by atomic mass is 10.5. The molecule has 0 aliphatic carbocycles. The summed E-state index contributed by atoms with van der Waals surface area (Å²) >= 11 is 0.755. The first kappa shape index (κ1) is 17.3. The Bertz CT molecular complexity index is 517. The van der Waals surface area contributed by atoms with Gasteiger partial charge in [0, 0.05) is 13.6 Å². The van der Waals surface area contributed by atoms with Gasteiger partial charge in [0.1, 0.15) is 0 Å². The lowest BCUT2D eigenvalue weighted by molar-refractivity contribution is -0.147. The van der Waals surface area contributed by atoms with Gasteiger partial charge in [-0.05, 0) is 6.42 Å². The monoisotopic (exact) mass is 325 g/mol. The molecule has 0 aliphatic heterocycles. The van der Waals surface area contributed by atoms with E-state index in [1.807, 2.05) is 6.92 Å². The van der Waals surface area contributed by atoms with E-state index in [1.165, 1.54) is 0 Å². The standard InChI is InChI=1S/C10H14F3N5O2S/c1-3-4-14-8(20)15-6(19)5-21-9-17-16-7(18(9)2)10(11,12)13/h3-5H2,1-2H3,(H2,14,15,19,20). The van der Waals surface area contributed by atoms with Crippen molar-refractivity contribution >= 4 is 23.7 Å². The number of hydrogen-bond donors (Lipinski definition) is 2. The van der Waals surface area contributed by atoms with Gasteiger partial charge in [0.05, 0.1) is 5.75 Å². The molecule has 7 nitrogen and oxygen atoms in total. The van der Waals surface area contributed by atoms with Crippen molar-refractivity contribution in [2.75, 3.05) is 12.3 Å². The minimum absolute atomic E-state index is 0.0635. The van der Waals surface area contributed by atoms with E-state index in [2.05, 4.69) is 20.8 Å². The van der Waals surface area contributed by atoms with Crippen molar-refractivity contribution in [3.05, 3.63) is 5.82 Å². The van der Waals surface area contributed by atoms with Crippen molar-refractivity contribution in [3.63, 3.8) is 0 Å². The number of carbonyl (C=O) groups excluding carboxylic acids is 2. The molecule has 0 spiro atoms. The second-order valence-corrected chi connectivity index (χ2v) is 4.90. The summed E-state index contributed by atoms with van der Waals surface area (Å²) in [4.78, 5) is 22.6. The number of thioether (sulfide) groups is 1. The number of aromatic nitrogens is 3. The maximum absolute atomic E-state index is 12.5. The number of nitrogens with zero attached hydrogens (tertiary/aromatic N) is 3. The summed E-state index contributed by atoms with van der Waals surface area (Å²) in [5.74, 6) is -2.03. The maximum atomic E-state index is 12.5. The lowest BCUT2D eigenvalue weighted by Gasteiger charge is -2.07. The van der Waals surface area contributed by atoms with Crippen molar-refractivity contribution in [2.24, 2.45) is 7.05 Å². The fourth-order valence-electron chi connectivity index (χ4n) is 1.26. The molecular formula is C10H14F3N5O2S. The Balaban J connectivity index is 2.51. The molecule has 0 aliphatic rings. The van der Waals surface area contributed by atoms with Gasteiger partial charge in [-0.2, -0.15) is 13.2 Å². The Morgan fingerprint density at radius 2 is 2.00 bits per heavy atom. The molecule has 1 aromatic rings. The number of nitrogens with one attached hydrogen (secondary N) is 2. The molecule has 0 atom stereocenters. The summed E-state index contributed by atoms with van der Waals surface area (Å²) in [6, 6.07) is -0.642. The van der Waals surface area contributed by atoms with Crippen molar-refractivity contribution in [2.45, 2.75) is 24.7 Å². The van der Waals surface area contributed by atoms with Crippen LogP contribution in [0.1, 0.15) is 19.2 Å². The van der Waals surface area contributed by atoms with Crippen molar-refractivity contribution in [1.29, 1.82) is 0 Å². The lowest BCUT2D eigenvalue weighted by Crippen LogP contribution is -2.40. The number of carbonyl (C=O) groups is 2. The van der Waals surface area contributed by atoms with Gasteiger partial charge in [-0.3, -0.25) is 10.1 Å². The minimum atomic E-state index is -4.61. The van der Waals surface area contributed by atoms with Crippen molar-refractivity contribution in [3.8, 4) is 0 Å². The maximum Gasteiger partial charge on any atom is 0.451 e. The zero-order valence-corrected chi connectivity index (χ0v) is 12.1. The van der Waals surface area contributed by atoms with Crippen molar-refractivity contribution in [1.82, 2.24) is 25.4 Å². The third kappa shape index (κ3) is 5.25. The summed E-state index contributed by atoms with van der Waals surface area (Å²) in [6.07, 6.45) is -3.89. The highest BCUT2D eigenvalue weighted by Crippen LogP contribution is 2.29. The molecule has 11 heteroatoms. The average Bonchev–Trinajstić information content (AvgIpc) is 2.75. The fourth-order valence-corrected chi connectivity index (χ4v) is 1.97. The first-order valence-electron chi connectivity index (χ1n) is 5.92. The highest BCUT2D eigenvalue weighted by molar-refractivity contribution is 7.99. The molecule has 0 saturated heterocycles. The van der Waals surface area contributed by atoms with Gasteiger partial charge >= 0.3 is 12.2 Å². The predicted octanol–water partition coefficient (Wildman–Crippen LogP) is 1.16. The van der Waals surface area contributed by atoms with E-state index in [0.717, 1.165) is 29.8 Å². The van der Waals surface area contributed by atoms with Crippen LogP contribution in [0.25, 0.3) is 0 Å². The van der Waals surface area contributed by atoms with Gasteiger partial charge in [0.2, 0.25) is 11.7 Å². The Hall–Kier alpha value is -1.78. The molecule has 0 radical (unpaired) electrons. The van der Waals surface area contributed by atoms with Crippen LogP contribution in [0.2, 0.25) is 0 Å². The molecule has 118 valence electrons. The number of imide groups is 1. The van der Waals surface area contributed by atoms with Gasteiger partial charge < -0.3 is 9.88 Å². The molecule has 1 heterocycles. The summed E-state index contributed by atoms with van der Waals surface area (Å²) in [6.45, 7) is 2.27. The molecule has 1 rings (SSSR count). The summed E-state index contributed by atoms with van der Waals surface area (Å²) < 4.78 is 38.2. The summed E-state index contributed by atoms with van der Waals surface area (Å²) in [5, 5.41) is 10.8. The molecule has 0 bridgehead atoms. The Morgan fingerprint density at radius 3 is 2.52 bits per heavy atom. The molecule has 2 N–H and O–H groups in total. The molecule has 3 amide bonds. The second kappa shape index (κ2) is 7.29. The van der Waals surface area contributed by atoms with E-state index in [-0.39, 0.29) is 10.9 Å². The molecule has 0 fully saturated rings. The van der Waals surface area contributed by atoms with Crippen LogP contribution in [0.3, 0.4) is 0 Å². The number of amides is 3. The zero-order valence-electron chi connectivity index (χ0n) is 11.3. The topological polar surface area (TPSA) is 88.9 Å². The minimum Gasteiger partial charge on any atom is -0.338 e. The zero-order chi connectivity index (χ0) is 16.0. The first-order valence-corrected chi connectivity index (χ1v) is 6.91. The number of urea groups is 1. The van der Waals surface area contributed by atoms with Crippen LogP contribution in [0.4, 0.5) is 18.0 Å². The van der Waals surface area contributed by atoms with Gasteiger partial charge in [-0.15, -0.1) is 10.2 Å². The summed E-state index contributed by atoms with van der Waals surface area (Å²) in [5.41, 5.74) is 0. The van der Waals surface area contributed by atoms with Gasteiger partial charge in [0.25, 0.3) is 0 Å². The van der Waals surface area contributed by atoms with E-state index in [4.69, 9.17) is 0 Å². The van der Waals surface area contributed by atoms with E-state index in [9.17, 15) is 22.8 Å². The van der Waals surface area contributed by atoms with Crippen LogP contribution in [0.5, 0.6) is 0 Å². The molecule has 0 unspecified atom stereocenters. The Morgan fingerprint density at radius 1 is 1.33 bits per heavy atom. The van der Waals surface area contributed by atoms with Gasteiger partial charge in [-0.1, -0.05) is 18.7 Å². The second-order valence-electron chi connectivity index (χ2n) is 3.96. The van der Waals surface area contributed by atoms with Crippen molar-refractivity contribution < 1.29 is 22.8 Å². The SMILES string of the molecule is CCCNC(=O)NC(=O)CSc1nnc(C(F)(F)F)n1C. The predicted molar refractivity (Wildman–Crippen MR) is 68.6 cm³/mol. The number of alkyl halides is 3. The van der Waals surface area contributed by atoms with Gasteiger partial charge in [-0.25, -0.2) is 4.79 Å². The van der Waals surface area contributed by atoms with E-state index < -0.39 is 23.9 Å². The third-order valence-corrected chi connectivity index (χ3v) is 3.23. The van der Waals surface area contributed by atoms with Crippen LogP contribution >= 0.6 is 11.8 Å². The van der Waals surface area contributed by atoms with Crippen LogP contribution in [-0.4, -0.2) is 39.0 Å². The first-order chi connectivity index (χ1) is 9.75. The normalized spacial score (nSPS) is 11.3. The highest BCUT2D eigenvalue weighted by atomic mass is 32.2. The number of rotatable bonds is 5. The molecular weight excluding hydrogens is 311 g/mol. The summed E-state index contributed by atoms with van der Waals surface area (Å²) in [7, 11) is 1.15. The smallest absolute Gasteiger partial charge is 0.338 e. The van der Waals surface area contributed by atoms with E-state index >= 15 is 0 Å². The Labute approximate surface area is 122 Å². The van der Waals surface area contributed by atoms with E-state index in [0.29, 0.717) is 6.54 Å². The molecule has 0 aromatic carbocycles. The average molecular weight is 325 g/mol. The highest BCUT2D eigenvalue weighted by Gasteiger charge is 2.37. The number of hydrogen-bond acceptors (Lipinski definition) is 5. The quantitative estimate of drug-likeness (QED) is 0.793. The largest absolute Gasteiger partial charge is 0.451 e. The molecule has 21 heavy (non-hydrogen) atoms. The van der Waals surface area contributed by atoms with Crippen LogP contribution in [0, 0.1) is 0 Å². The van der Waals surface area contributed by atoms with Crippen LogP contribution < -0.4 is 10.6 Å². The Kier molecular flexibility index (Phi) is 6.00. The van der Waals surface area contributed by atoms with Gasteiger partial charge in [0.15, 0.2) is 5.16 Å².